The summed E-state index contributed by atoms with van der Waals surface area (Å²) in [5.41, 5.74) is 9.46. The minimum absolute atomic E-state index is 0. The Morgan fingerprint density at radius 1 is 0.943 bits per heavy atom. The number of carbonyl (C=O) groups is 2. The summed E-state index contributed by atoms with van der Waals surface area (Å²) in [5, 5.41) is 9.32. The number of ketones is 2. The number of aliphatic hydroxyl groups is 1. The van der Waals surface area contributed by atoms with E-state index in [1.54, 1.807) is 0 Å². The Balaban J connectivity index is 0.000000378. The second kappa shape index (κ2) is 10.5. The molecule has 1 aliphatic rings. The van der Waals surface area contributed by atoms with Crippen molar-refractivity contribution in [2.75, 3.05) is 0 Å². The third-order valence-corrected chi connectivity index (χ3v) is 5.70. The van der Waals surface area contributed by atoms with Gasteiger partial charge in [-0.25, -0.2) is 0 Å². The first-order valence-corrected chi connectivity index (χ1v) is 11.1. The van der Waals surface area contributed by atoms with Gasteiger partial charge in [0.25, 0.3) is 0 Å². The van der Waals surface area contributed by atoms with Crippen molar-refractivity contribution in [3.8, 4) is 22.4 Å². The van der Waals surface area contributed by atoms with E-state index in [4.69, 9.17) is 10.1 Å². The molecule has 0 bridgehead atoms. The van der Waals surface area contributed by atoms with E-state index in [2.05, 4.69) is 31.2 Å². The fraction of sp³-hybridized carbons (Fsp3) is 0.167. The SMILES string of the molecule is CC(=O)/C=C(/C)O.Cc1[c-]c(-c2cc3c4c(cccc4n2)-c2cccc(C)c2C3=O)cc(C)c1.[Ir]. The molecule has 4 nitrogen and oxygen atoms in total. The molecule has 1 radical (unpaired) electrons. The van der Waals surface area contributed by atoms with Crippen molar-refractivity contribution in [3.63, 3.8) is 0 Å². The van der Waals surface area contributed by atoms with E-state index in [9.17, 15) is 9.59 Å². The Hall–Kier alpha value is -3.40. The van der Waals surface area contributed by atoms with Crippen LogP contribution in [0.25, 0.3) is 33.3 Å². The van der Waals surface area contributed by atoms with Crippen molar-refractivity contribution in [1.29, 1.82) is 0 Å². The predicted molar refractivity (Wildman–Crippen MR) is 136 cm³/mol. The molecular formula is C30H26IrNO3-. The quantitative estimate of drug-likeness (QED) is 0.130. The second-order valence-electron chi connectivity index (χ2n) is 8.73. The Kier molecular flexibility index (Phi) is 7.84. The van der Waals surface area contributed by atoms with Crippen LogP contribution in [0.5, 0.6) is 0 Å². The van der Waals surface area contributed by atoms with Crippen LogP contribution in [0.15, 0.2) is 66.4 Å². The summed E-state index contributed by atoms with van der Waals surface area (Å²) in [6.07, 6.45) is 1.17. The fourth-order valence-corrected chi connectivity index (χ4v) is 4.48. The summed E-state index contributed by atoms with van der Waals surface area (Å²) in [6, 6.07) is 21.6. The minimum atomic E-state index is -0.125. The maximum absolute atomic E-state index is 13.4. The topological polar surface area (TPSA) is 67.3 Å². The van der Waals surface area contributed by atoms with Gasteiger partial charge >= 0.3 is 0 Å². The Bertz CT molecular complexity index is 1480. The Morgan fingerprint density at radius 2 is 1.63 bits per heavy atom. The van der Waals surface area contributed by atoms with Crippen LogP contribution in [0.3, 0.4) is 0 Å². The summed E-state index contributed by atoms with van der Waals surface area (Å²) in [6.45, 7) is 8.95. The van der Waals surface area contributed by atoms with Crippen LogP contribution in [-0.2, 0) is 24.9 Å². The third-order valence-electron chi connectivity index (χ3n) is 5.70. The molecule has 179 valence electrons. The zero-order valence-electron chi connectivity index (χ0n) is 20.3. The van der Waals surface area contributed by atoms with Crippen molar-refractivity contribution in [2.24, 2.45) is 0 Å². The van der Waals surface area contributed by atoms with Crippen LogP contribution < -0.4 is 0 Å². The predicted octanol–water partition coefficient (Wildman–Crippen LogP) is 6.87. The molecule has 0 saturated carbocycles. The minimum Gasteiger partial charge on any atom is -0.512 e. The number of benzene rings is 3. The smallest absolute Gasteiger partial charge is 0.193 e. The van der Waals surface area contributed by atoms with E-state index in [0.29, 0.717) is 0 Å². The van der Waals surface area contributed by atoms with Crippen molar-refractivity contribution in [1.82, 2.24) is 4.98 Å². The second-order valence-corrected chi connectivity index (χ2v) is 8.73. The number of hydrogen-bond acceptors (Lipinski definition) is 4. The molecule has 0 saturated heterocycles. The number of allylic oxidation sites excluding steroid dienone is 2. The molecule has 5 rings (SSSR count). The molecule has 3 aromatic carbocycles. The molecule has 0 atom stereocenters. The van der Waals surface area contributed by atoms with E-state index < -0.39 is 0 Å². The number of fused-ring (bicyclic) bond motifs is 2. The summed E-state index contributed by atoms with van der Waals surface area (Å²) in [5.74, 6) is 0.0207. The van der Waals surface area contributed by atoms with Gasteiger partial charge in [-0.3, -0.25) is 14.6 Å². The zero-order valence-corrected chi connectivity index (χ0v) is 22.7. The number of aryl methyl sites for hydroxylation is 3. The van der Waals surface area contributed by atoms with Gasteiger partial charge in [0, 0.05) is 42.7 Å². The van der Waals surface area contributed by atoms with Gasteiger partial charge in [-0.2, -0.15) is 0 Å². The monoisotopic (exact) mass is 641 g/mol. The van der Waals surface area contributed by atoms with Crippen molar-refractivity contribution >= 4 is 22.5 Å². The van der Waals surface area contributed by atoms with Crippen LogP contribution in [0.1, 0.15) is 46.5 Å². The maximum Gasteiger partial charge on any atom is 0.193 e. The summed E-state index contributed by atoms with van der Waals surface area (Å²) in [7, 11) is 0. The molecule has 1 heterocycles. The molecule has 1 N–H and O–H groups in total. The molecule has 0 aliphatic heterocycles. The Morgan fingerprint density at radius 3 is 2.26 bits per heavy atom. The van der Waals surface area contributed by atoms with E-state index in [-0.39, 0.29) is 37.4 Å². The van der Waals surface area contributed by atoms with Gasteiger partial charge in [0.15, 0.2) is 11.6 Å². The van der Waals surface area contributed by atoms with Gasteiger partial charge in [-0.05, 0) is 49.2 Å². The first-order chi connectivity index (χ1) is 16.2. The molecule has 0 spiro atoms. The van der Waals surface area contributed by atoms with Crippen molar-refractivity contribution < 1.29 is 34.8 Å². The van der Waals surface area contributed by atoms with Crippen LogP contribution >= 0.6 is 0 Å². The van der Waals surface area contributed by atoms with E-state index in [1.807, 2.05) is 50.2 Å². The normalized spacial score (nSPS) is 11.8. The number of aromatic nitrogens is 1. The van der Waals surface area contributed by atoms with Gasteiger partial charge in [0.2, 0.25) is 0 Å². The summed E-state index contributed by atoms with van der Waals surface area (Å²) < 4.78 is 0. The molecule has 1 aliphatic carbocycles. The van der Waals surface area contributed by atoms with E-state index in [0.717, 1.165) is 61.1 Å². The third kappa shape index (κ3) is 5.32. The fourth-order valence-electron chi connectivity index (χ4n) is 4.48. The number of aliphatic hydroxyl groups excluding tert-OH is 1. The molecule has 35 heavy (non-hydrogen) atoms. The number of nitrogens with zero attached hydrogens (tertiary/aromatic N) is 1. The molecular weight excluding hydrogens is 615 g/mol. The van der Waals surface area contributed by atoms with Crippen LogP contribution in [0, 0.1) is 26.8 Å². The van der Waals surface area contributed by atoms with Crippen molar-refractivity contribution in [3.05, 3.63) is 100 Å². The van der Waals surface area contributed by atoms with E-state index in [1.165, 1.54) is 19.9 Å². The van der Waals surface area contributed by atoms with Gasteiger partial charge in [0.05, 0.1) is 11.3 Å². The molecule has 1 aromatic heterocycles. The van der Waals surface area contributed by atoms with Crippen molar-refractivity contribution in [2.45, 2.75) is 34.6 Å². The molecule has 4 aromatic rings. The largest absolute Gasteiger partial charge is 0.512 e. The van der Waals surface area contributed by atoms with Crippen LogP contribution in [0.2, 0.25) is 0 Å². The van der Waals surface area contributed by atoms with E-state index >= 15 is 0 Å². The number of rotatable bonds is 2. The first kappa shape index (κ1) is 26.2. The zero-order chi connectivity index (χ0) is 24.6. The summed E-state index contributed by atoms with van der Waals surface area (Å²) >= 11 is 0. The average molecular weight is 641 g/mol. The van der Waals surface area contributed by atoms with Crippen LogP contribution in [-0.4, -0.2) is 21.7 Å². The van der Waals surface area contributed by atoms with Gasteiger partial charge in [0.1, 0.15) is 0 Å². The number of pyridine rings is 1. The molecule has 0 amide bonds. The molecule has 0 unspecified atom stereocenters. The molecule has 5 heteroatoms. The van der Waals surface area contributed by atoms with Crippen LogP contribution in [0.4, 0.5) is 0 Å². The average Bonchev–Trinajstić information content (AvgIpc) is 2.75. The van der Waals surface area contributed by atoms with Gasteiger partial charge in [-0.15, -0.1) is 34.9 Å². The molecule has 0 fully saturated rings. The first-order valence-electron chi connectivity index (χ1n) is 11.1. The number of hydrogen-bond donors (Lipinski definition) is 1. The van der Waals surface area contributed by atoms with Gasteiger partial charge in [-0.1, -0.05) is 50.2 Å². The van der Waals surface area contributed by atoms with Gasteiger partial charge < -0.3 is 5.11 Å². The Labute approximate surface area is 219 Å². The summed E-state index contributed by atoms with van der Waals surface area (Å²) in [4.78, 5) is 28.3. The number of carbonyl (C=O) groups excluding carboxylic acids is 2. The maximum atomic E-state index is 13.4. The standard InChI is InChI=1S/C25H18NO.C5H8O2.Ir/c1-14-10-15(2)12-17(11-14)22-13-20-24-19(8-5-9-21(24)26-22)18-7-4-6-16(3)23(18)25(20)27;1-4(6)3-5(2)7;/h4-11,13H,1-3H3;3,6H,1-2H3;/q-1;;/b;4-3-;.